The molecule has 2 nitrogen and oxygen atoms in total. The number of thioether (sulfide) groups is 1. The van der Waals surface area contributed by atoms with Gasteiger partial charge in [-0.1, -0.05) is 0 Å². The van der Waals surface area contributed by atoms with Gasteiger partial charge in [0, 0.05) is 12.4 Å². The molecule has 0 saturated heterocycles. The van der Waals surface area contributed by atoms with E-state index < -0.39 is 0 Å². The predicted molar refractivity (Wildman–Crippen MR) is 31.9 cm³/mol. The normalized spacial score (nSPS) is 18.1. The van der Waals surface area contributed by atoms with E-state index in [1.54, 1.807) is 24.2 Å². The van der Waals surface area contributed by atoms with Gasteiger partial charge in [-0.2, -0.15) is 0 Å². The van der Waals surface area contributed by atoms with E-state index >= 15 is 0 Å². The van der Waals surface area contributed by atoms with Crippen molar-refractivity contribution >= 4 is 11.8 Å². The molecule has 0 aromatic carbocycles. The lowest BCUT2D eigenvalue weighted by Crippen LogP contribution is -2.17. The first-order valence-electron chi connectivity index (χ1n) is 1.91. The summed E-state index contributed by atoms with van der Waals surface area (Å²) < 4.78 is 0. The summed E-state index contributed by atoms with van der Waals surface area (Å²) in [6.07, 6.45) is 3.59. The molecule has 3 heteroatoms. The summed E-state index contributed by atoms with van der Waals surface area (Å²) in [4.78, 5) is 0. The average molecular weight is 114 g/mol. The van der Waals surface area contributed by atoms with Crippen molar-refractivity contribution in [2.45, 2.75) is 0 Å². The second-order valence-electron chi connectivity index (χ2n) is 1.15. The number of hydrogen-bond donors (Lipinski definition) is 1. The number of hydrogen-bond acceptors (Lipinski definition) is 3. The third kappa shape index (κ3) is 1.25. The highest BCUT2D eigenvalue weighted by Crippen LogP contribution is 2.08. The van der Waals surface area contributed by atoms with Crippen LogP contribution in [0.15, 0.2) is 23.2 Å². The monoisotopic (exact) mass is 114 g/mol. The maximum Gasteiger partial charge on any atom is 0.0273 e. The van der Waals surface area contributed by atoms with Crippen LogP contribution in [0.2, 0.25) is 0 Å². The Morgan fingerprint density at radius 2 is 1.86 bits per heavy atom. The van der Waals surface area contributed by atoms with Gasteiger partial charge >= 0.3 is 0 Å². The fourth-order valence-corrected chi connectivity index (χ4v) is 0.818. The van der Waals surface area contributed by atoms with Gasteiger partial charge in [-0.25, -0.2) is 5.84 Å². The summed E-state index contributed by atoms with van der Waals surface area (Å²) in [6, 6.07) is 0. The number of hydrazine groups is 1. The second kappa shape index (κ2) is 2.04. The minimum Gasteiger partial charge on any atom is -0.293 e. The molecular weight excluding hydrogens is 108 g/mol. The highest BCUT2D eigenvalue weighted by atomic mass is 32.2. The van der Waals surface area contributed by atoms with Crippen molar-refractivity contribution in [3.05, 3.63) is 23.2 Å². The molecule has 2 N–H and O–H groups in total. The minimum atomic E-state index is 1.51. The fraction of sp³-hybridized carbons (Fsp3) is 0. The molecule has 0 bridgehead atoms. The van der Waals surface area contributed by atoms with Crippen LogP contribution in [0.1, 0.15) is 0 Å². The van der Waals surface area contributed by atoms with E-state index in [0.717, 1.165) is 0 Å². The SMILES string of the molecule is NN1C=CSC=C1. The van der Waals surface area contributed by atoms with Crippen LogP contribution < -0.4 is 5.84 Å². The molecule has 0 fully saturated rings. The summed E-state index contributed by atoms with van der Waals surface area (Å²) in [5, 5.41) is 5.34. The van der Waals surface area contributed by atoms with Gasteiger partial charge in [-0.15, -0.1) is 11.8 Å². The Morgan fingerprint density at radius 3 is 2.14 bits per heavy atom. The largest absolute Gasteiger partial charge is 0.293 e. The zero-order valence-electron chi connectivity index (χ0n) is 3.74. The van der Waals surface area contributed by atoms with Crippen molar-refractivity contribution in [2.75, 3.05) is 0 Å². The van der Waals surface area contributed by atoms with E-state index in [9.17, 15) is 0 Å². The number of nitrogens with two attached hydrogens (primary N) is 1. The lowest BCUT2D eigenvalue weighted by atomic mass is 10.8. The zero-order valence-corrected chi connectivity index (χ0v) is 4.56. The molecule has 0 atom stereocenters. The van der Waals surface area contributed by atoms with Crippen molar-refractivity contribution in [1.29, 1.82) is 0 Å². The Balaban J connectivity index is 2.49. The van der Waals surface area contributed by atoms with Crippen molar-refractivity contribution in [3.63, 3.8) is 0 Å². The number of nitrogens with zero attached hydrogens (tertiary/aromatic N) is 1. The van der Waals surface area contributed by atoms with Crippen LogP contribution in [0.3, 0.4) is 0 Å². The van der Waals surface area contributed by atoms with E-state index in [2.05, 4.69) is 0 Å². The van der Waals surface area contributed by atoms with Crippen molar-refractivity contribution in [3.8, 4) is 0 Å². The van der Waals surface area contributed by atoms with Gasteiger partial charge in [0.05, 0.1) is 0 Å². The van der Waals surface area contributed by atoms with Gasteiger partial charge in [0.15, 0.2) is 0 Å². The van der Waals surface area contributed by atoms with E-state index in [0.29, 0.717) is 0 Å². The summed E-state index contributed by atoms with van der Waals surface area (Å²) >= 11 is 1.62. The van der Waals surface area contributed by atoms with Crippen LogP contribution in [0.25, 0.3) is 0 Å². The third-order valence-electron chi connectivity index (χ3n) is 0.623. The fourth-order valence-electron chi connectivity index (χ4n) is 0.306. The van der Waals surface area contributed by atoms with Crippen LogP contribution in [0, 0.1) is 0 Å². The van der Waals surface area contributed by atoms with E-state index in [-0.39, 0.29) is 0 Å². The van der Waals surface area contributed by atoms with Crippen molar-refractivity contribution in [1.82, 2.24) is 5.01 Å². The van der Waals surface area contributed by atoms with Crippen LogP contribution in [-0.2, 0) is 0 Å². The minimum absolute atomic E-state index is 1.51. The first-order valence-corrected chi connectivity index (χ1v) is 2.86. The maximum atomic E-state index is 5.28. The molecule has 0 aromatic heterocycles. The smallest absolute Gasteiger partial charge is 0.0273 e. The predicted octanol–water partition coefficient (Wildman–Crippen LogP) is 0.851. The molecule has 1 heterocycles. The standard InChI is InChI=1S/C4H6N2S/c5-6-1-3-7-4-2-6/h1-4H,5H2. The number of rotatable bonds is 0. The Hall–Kier alpha value is -0.410. The molecule has 38 valence electrons. The molecular formula is C4H6N2S. The molecule has 0 unspecified atom stereocenters. The molecule has 0 amide bonds. The van der Waals surface area contributed by atoms with Gasteiger partial charge in [0.1, 0.15) is 0 Å². The average Bonchev–Trinajstić information content (AvgIpc) is 1.69. The second-order valence-corrected chi connectivity index (χ2v) is 1.97. The topological polar surface area (TPSA) is 29.3 Å². The van der Waals surface area contributed by atoms with Gasteiger partial charge in [0.2, 0.25) is 0 Å². The van der Waals surface area contributed by atoms with E-state index in [4.69, 9.17) is 5.84 Å². The van der Waals surface area contributed by atoms with Crippen LogP contribution >= 0.6 is 11.8 Å². The Kier molecular flexibility index (Phi) is 1.38. The molecule has 0 saturated carbocycles. The summed E-state index contributed by atoms with van der Waals surface area (Å²) in [7, 11) is 0. The molecule has 0 aromatic rings. The first-order chi connectivity index (χ1) is 3.39. The van der Waals surface area contributed by atoms with Gasteiger partial charge in [-0.05, 0) is 10.8 Å². The quantitative estimate of drug-likeness (QED) is 0.473. The third-order valence-corrected chi connectivity index (χ3v) is 1.18. The zero-order chi connectivity index (χ0) is 5.11. The summed E-state index contributed by atoms with van der Waals surface area (Å²) in [5.41, 5.74) is 0. The Labute approximate surface area is 46.6 Å². The molecule has 1 aliphatic heterocycles. The highest BCUT2D eigenvalue weighted by molar-refractivity contribution is 8.04. The van der Waals surface area contributed by atoms with Crippen LogP contribution in [0.5, 0.6) is 0 Å². The Bertz CT molecular complexity index is 96.3. The van der Waals surface area contributed by atoms with E-state index in [1.165, 1.54) is 5.01 Å². The van der Waals surface area contributed by atoms with Crippen molar-refractivity contribution in [2.24, 2.45) is 5.84 Å². The van der Waals surface area contributed by atoms with Gasteiger partial charge < -0.3 is 0 Å². The van der Waals surface area contributed by atoms with Crippen LogP contribution in [0.4, 0.5) is 0 Å². The van der Waals surface area contributed by atoms with Gasteiger partial charge in [0.25, 0.3) is 0 Å². The summed E-state index contributed by atoms with van der Waals surface area (Å²) in [6.45, 7) is 0. The maximum absolute atomic E-state index is 5.28. The lowest BCUT2D eigenvalue weighted by molar-refractivity contribution is 0.541. The van der Waals surface area contributed by atoms with E-state index in [1.807, 2.05) is 10.8 Å². The van der Waals surface area contributed by atoms with Crippen molar-refractivity contribution < 1.29 is 0 Å². The van der Waals surface area contributed by atoms with Gasteiger partial charge in [-0.3, -0.25) is 5.01 Å². The molecule has 0 aliphatic carbocycles. The van der Waals surface area contributed by atoms with Crippen LogP contribution in [-0.4, -0.2) is 5.01 Å². The molecule has 1 aliphatic rings. The summed E-state index contributed by atoms with van der Waals surface area (Å²) in [5.74, 6) is 5.28. The molecule has 7 heavy (non-hydrogen) atoms. The molecule has 0 radical (unpaired) electrons. The molecule has 0 spiro atoms. The Morgan fingerprint density at radius 1 is 1.29 bits per heavy atom. The molecule has 1 rings (SSSR count). The first kappa shape index (κ1) is 4.74. The highest BCUT2D eigenvalue weighted by Gasteiger charge is 1.85. The lowest BCUT2D eigenvalue weighted by Gasteiger charge is -2.07.